The molecule has 0 aliphatic rings. The van der Waals surface area contributed by atoms with Gasteiger partial charge < -0.3 is 18.8 Å². The third-order valence-corrected chi connectivity index (χ3v) is 7.39. The first kappa shape index (κ1) is 24.6. The van der Waals surface area contributed by atoms with E-state index >= 15 is 0 Å². The fraction of sp³-hybridized carbons (Fsp3) is 0.360. The van der Waals surface area contributed by atoms with Crippen molar-refractivity contribution >= 4 is 25.1 Å². The van der Waals surface area contributed by atoms with Crippen LogP contribution in [-0.2, 0) is 22.7 Å². The number of fused-ring (bicyclic) bond motifs is 1. The molecule has 35 heavy (non-hydrogen) atoms. The number of nitrogens with zero attached hydrogens (tertiary/aromatic N) is 5. The van der Waals surface area contributed by atoms with E-state index < -0.39 is 14.0 Å². The highest BCUT2D eigenvalue weighted by Crippen LogP contribution is 2.29. The van der Waals surface area contributed by atoms with Gasteiger partial charge in [0.25, 0.3) is 0 Å². The highest BCUT2D eigenvalue weighted by Gasteiger charge is 2.22. The molecule has 184 valence electrons. The molecule has 0 unspecified atom stereocenters. The number of hydrogen-bond acceptors (Lipinski definition) is 7. The molecular formula is C25H31N5O4Si. The first-order chi connectivity index (χ1) is 16.8. The van der Waals surface area contributed by atoms with Gasteiger partial charge in [-0.15, -0.1) is 0 Å². The number of esters is 1. The van der Waals surface area contributed by atoms with Gasteiger partial charge in [0.05, 0.1) is 32.0 Å². The van der Waals surface area contributed by atoms with Crippen LogP contribution in [0.25, 0.3) is 22.3 Å². The molecule has 0 aliphatic heterocycles. The number of rotatable bonds is 10. The van der Waals surface area contributed by atoms with Crippen molar-refractivity contribution in [2.75, 3.05) is 20.8 Å². The Kier molecular flexibility index (Phi) is 7.32. The number of hydrogen-bond donors (Lipinski definition) is 0. The topological polar surface area (TPSA) is 93.3 Å². The van der Waals surface area contributed by atoms with E-state index in [-0.39, 0.29) is 5.69 Å². The monoisotopic (exact) mass is 493 g/mol. The first-order valence-corrected chi connectivity index (χ1v) is 15.2. The van der Waals surface area contributed by atoms with Gasteiger partial charge in [-0.1, -0.05) is 31.8 Å². The van der Waals surface area contributed by atoms with Crippen LogP contribution in [0.2, 0.25) is 25.7 Å². The second-order valence-corrected chi connectivity index (χ2v) is 15.1. The average molecular weight is 494 g/mol. The highest BCUT2D eigenvalue weighted by atomic mass is 28.3. The van der Waals surface area contributed by atoms with E-state index in [0.29, 0.717) is 24.5 Å². The summed E-state index contributed by atoms with van der Waals surface area (Å²) in [6.07, 6.45) is 5.25. The normalized spacial score (nSPS) is 11.7. The van der Waals surface area contributed by atoms with Crippen molar-refractivity contribution in [1.29, 1.82) is 0 Å². The Bertz CT molecular complexity index is 1310. The van der Waals surface area contributed by atoms with Crippen LogP contribution in [-0.4, -0.2) is 59.2 Å². The molecule has 0 spiro atoms. The molecule has 0 amide bonds. The number of ether oxygens (including phenoxy) is 3. The first-order valence-electron chi connectivity index (χ1n) is 11.5. The molecule has 0 aliphatic carbocycles. The van der Waals surface area contributed by atoms with Gasteiger partial charge in [-0.2, -0.15) is 5.10 Å². The van der Waals surface area contributed by atoms with Gasteiger partial charge in [0.15, 0.2) is 5.69 Å². The van der Waals surface area contributed by atoms with Gasteiger partial charge >= 0.3 is 5.97 Å². The summed E-state index contributed by atoms with van der Waals surface area (Å²) >= 11 is 0. The molecular weight excluding hydrogens is 462 g/mol. The van der Waals surface area contributed by atoms with Crippen molar-refractivity contribution in [2.24, 2.45) is 0 Å². The molecule has 3 heterocycles. The van der Waals surface area contributed by atoms with Gasteiger partial charge in [-0.25, -0.2) is 14.8 Å². The lowest BCUT2D eigenvalue weighted by Gasteiger charge is -2.15. The molecule has 10 heteroatoms. The maximum absolute atomic E-state index is 12.6. The summed E-state index contributed by atoms with van der Waals surface area (Å²) in [4.78, 5) is 21.5. The SMILES string of the molecule is COC(=O)c1nn(Cc2ccc(OC)cc2)cc1-c1ncnc2c1ccn2COCC[Si](C)(C)C. The summed E-state index contributed by atoms with van der Waals surface area (Å²) in [5.74, 6) is 0.261. The number of carbonyl (C=O) groups is 1. The Morgan fingerprint density at radius 1 is 1.06 bits per heavy atom. The summed E-state index contributed by atoms with van der Waals surface area (Å²) in [5.41, 5.74) is 3.18. The molecule has 4 aromatic rings. The van der Waals surface area contributed by atoms with Gasteiger partial charge in [0.2, 0.25) is 0 Å². The molecule has 0 saturated heterocycles. The van der Waals surface area contributed by atoms with Crippen LogP contribution in [0.1, 0.15) is 16.1 Å². The third-order valence-electron chi connectivity index (χ3n) is 5.68. The molecule has 0 radical (unpaired) electrons. The lowest BCUT2D eigenvalue weighted by molar-refractivity contribution is 0.0594. The molecule has 0 bridgehead atoms. The lowest BCUT2D eigenvalue weighted by Crippen LogP contribution is -2.22. The average Bonchev–Trinajstić information content (AvgIpc) is 3.45. The van der Waals surface area contributed by atoms with Crippen LogP contribution < -0.4 is 4.74 Å². The lowest BCUT2D eigenvalue weighted by atomic mass is 10.1. The van der Waals surface area contributed by atoms with Gasteiger partial charge in [-0.05, 0) is 29.8 Å². The highest BCUT2D eigenvalue weighted by molar-refractivity contribution is 6.76. The van der Waals surface area contributed by atoms with E-state index in [1.165, 1.54) is 13.4 Å². The van der Waals surface area contributed by atoms with Crippen molar-refractivity contribution < 1.29 is 19.0 Å². The minimum atomic E-state index is -1.16. The summed E-state index contributed by atoms with van der Waals surface area (Å²) in [5, 5.41) is 5.33. The fourth-order valence-electron chi connectivity index (χ4n) is 3.70. The van der Waals surface area contributed by atoms with E-state index in [4.69, 9.17) is 14.2 Å². The van der Waals surface area contributed by atoms with Crippen LogP contribution in [0.3, 0.4) is 0 Å². The summed E-state index contributed by atoms with van der Waals surface area (Å²) < 4.78 is 19.8. The predicted octanol–water partition coefficient (Wildman–Crippen LogP) is 4.45. The third kappa shape index (κ3) is 5.77. The minimum Gasteiger partial charge on any atom is -0.497 e. The zero-order chi connectivity index (χ0) is 25.0. The summed E-state index contributed by atoms with van der Waals surface area (Å²) in [6.45, 7) is 8.59. The van der Waals surface area contributed by atoms with E-state index in [1.54, 1.807) is 11.8 Å². The Hall–Kier alpha value is -3.50. The van der Waals surface area contributed by atoms with E-state index in [1.807, 2.05) is 47.3 Å². The van der Waals surface area contributed by atoms with E-state index in [2.05, 4.69) is 34.7 Å². The number of aromatic nitrogens is 5. The minimum absolute atomic E-state index is 0.208. The molecule has 0 N–H and O–H groups in total. The number of carbonyl (C=O) groups excluding carboxylic acids is 1. The fourth-order valence-corrected chi connectivity index (χ4v) is 4.46. The van der Waals surface area contributed by atoms with Crippen LogP contribution in [0.4, 0.5) is 0 Å². The molecule has 4 rings (SSSR count). The Balaban J connectivity index is 1.63. The van der Waals surface area contributed by atoms with Crippen molar-refractivity contribution in [3.63, 3.8) is 0 Å². The zero-order valence-electron chi connectivity index (χ0n) is 20.8. The zero-order valence-corrected chi connectivity index (χ0v) is 21.8. The number of benzene rings is 1. The molecule has 1 aromatic carbocycles. The van der Waals surface area contributed by atoms with Crippen LogP contribution in [0.15, 0.2) is 49.1 Å². The summed E-state index contributed by atoms with van der Waals surface area (Å²) in [6, 6.07) is 10.7. The van der Waals surface area contributed by atoms with Crippen LogP contribution >= 0.6 is 0 Å². The predicted molar refractivity (Wildman–Crippen MR) is 136 cm³/mol. The van der Waals surface area contributed by atoms with Crippen LogP contribution in [0, 0.1) is 0 Å². The molecule has 0 atom stereocenters. The van der Waals surface area contributed by atoms with E-state index in [9.17, 15) is 4.79 Å². The Morgan fingerprint density at radius 2 is 1.83 bits per heavy atom. The largest absolute Gasteiger partial charge is 0.497 e. The second-order valence-electron chi connectivity index (χ2n) is 9.52. The van der Waals surface area contributed by atoms with Crippen molar-refractivity contribution in [3.8, 4) is 17.0 Å². The second kappa shape index (κ2) is 10.4. The standard InChI is InChI=1S/C25H31N5O4Si/c1-32-19-8-6-18(7-9-19)14-30-15-21(23(28-30)25(31)33-2)22-20-10-11-29(24(20)27-16-26-22)17-34-12-13-35(3,4)5/h6-11,15-16H,12-14,17H2,1-5H3. The molecule has 0 fully saturated rings. The summed E-state index contributed by atoms with van der Waals surface area (Å²) in [7, 11) is 1.82. The van der Waals surface area contributed by atoms with Crippen molar-refractivity contribution in [2.45, 2.75) is 39.0 Å². The van der Waals surface area contributed by atoms with E-state index in [0.717, 1.165) is 35.0 Å². The van der Waals surface area contributed by atoms with Gasteiger partial charge in [0, 0.05) is 32.5 Å². The Morgan fingerprint density at radius 3 is 2.51 bits per heavy atom. The van der Waals surface area contributed by atoms with Crippen molar-refractivity contribution in [1.82, 2.24) is 24.3 Å². The molecule has 0 saturated carbocycles. The van der Waals surface area contributed by atoms with Gasteiger partial charge in [0.1, 0.15) is 24.5 Å². The number of methoxy groups -OCH3 is 2. The van der Waals surface area contributed by atoms with Crippen LogP contribution in [0.5, 0.6) is 5.75 Å². The Labute approximate surface area is 205 Å². The maximum atomic E-state index is 12.6. The molecule has 9 nitrogen and oxygen atoms in total. The molecule has 3 aromatic heterocycles. The van der Waals surface area contributed by atoms with Crippen molar-refractivity contribution in [3.05, 3.63) is 60.3 Å². The maximum Gasteiger partial charge on any atom is 0.359 e. The smallest absolute Gasteiger partial charge is 0.359 e. The van der Waals surface area contributed by atoms with Gasteiger partial charge in [-0.3, -0.25) is 4.68 Å². The quantitative estimate of drug-likeness (QED) is 0.183.